The van der Waals surface area contributed by atoms with Crippen molar-refractivity contribution in [1.82, 2.24) is 4.98 Å². The average molecular weight is 397 g/mol. The highest BCUT2D eigenvalue weighted by Gasteiger charge is 2.34. The maximum atomic E-state index is 13.6. The molecule has 0 atom stereocenters. The second kappa shape index (κ2) is 9.75. The summed E-state index contributed by atoms with van der Waals surface area (Å²) < 4.78 is 44.6. The van der Waals surface area contributed by atoms with Gasteiger partial charge >= 0.3 is 5.97 Å². The maximum absolute atomic E-state index is 13.6. The van der Waals surface area contributed by atoms with Gasteiger partial charge in [-0.1, -0.05) is 39.0 Å². The quantitative estimate of drug-likeness (QED) is 0.423. The highest BCUT2D eigenvalue weighted by atomic mass is 19.2. The Balaban J connectivity index is 1.45. The number of esters is 1. The van der Waals surface area contributed by atoms with E-state index in [1.54, 1.807) is 0 Å². The van der Waals surface area contributed by atoms with E-state index in [1.165, 1.54) is 44.9 Å². The van der Waals surface area contributed by atoms with Crippen LogP contribution in [0.2, 0.25) is 0 Å². The highest BCUT2D eigenvalue weighted by molar-refractivity contribution is 5.75. The number of pyridine rings is 1. The minimum Gasteiger partial charge on any atom is -0.421 e. The summed E-state index contributed by atoms with van der Waals surface area (Å²) in [5, 5.41) is 0. The van der Waals surface area contributed by atoms with Crippen LogP contribution < -0.4 is 4.74 Å². The van der Waals surface area contributed by atoms with E-state index in [9.17, 15) is 18.0 Å². The van der Waals surface area contributed by atoms with Crippen molar-refractivity contribution < 1.29 is 22.7 Å². The molecule has 1 aromatic rings. The molecule has 0 spiro atoms. The molecule has 0 amide bonds. The van der Waals surface area contributed by atoms with Crippen LogP contribution in [-0.4, -0.2) is 11.0 Å². The minimum absolute atomic E-state index is 0.315. The number of aromatic nitrogens is 1. The Labute approximate surface area is 165 Å². The van der Waals surface area contributed by atoms with Gasteiger partial charge in [0, 0.05) is 6.07 Å². The number of rotatable bonds is 6. The molecule has 0 aliphatic heterocycles. The fraction of sp³-hybridized carbons (Fsp3) is 0.727. The average Bonchev–Trinajstić information content (AvgIpc) is 2.71. The van der Waals surface area contributed by atoms with Crippen molar-refractivity contribution in [2.45, 2.75) is 77.6 Å². The van der Waals surface area contributed by atoms with Gasteiger partial charge in [-0.2, -0.15) is 13.8 Å². The van der Waals surface area contributed by atoms with Gasteiger partial charge in [-0.05, 0) is 56.3 Å². The third-order valence-electron chi connectivity index (χ3n) is 6.69. The van der Waals surface area contributed by atoms with Gasteiger partial charge in [-0.3, -0.25) is 4.79 Å². The number of unbranched alkanes of at least 4 members (excludes halogenated alkanes) is 1. The van der Waals surface area contributed by atoms with E-state index in [-0.39, 0.29) is 5.92 Å². The number of halogens is 3. The molecule has 0 saturated heterocycles. The fourth-order valence-corrected chi connectivity index (χ4v) is 4.96. The van der Waals surface area contributed by atoms with Gasteiger partial charge < -0.3 is 4.74 Å². The summed E-state index contributed by atoms with van der Waals surface area (Å²) in [7, 11) is 0. The summed E-state index contributed by atoms with van der Waals surface area (Å²) in [6, 6.07) is 0.540. The van der Waals surface area contributed by atoms with Crippen molar-refractivity contribution in [2.24, 2.45) is 23.7 Å². The van der Waals surface area contributed by atoms with Crippen molar-refractivity contribution >= 4 is 5.97 Å². The lowest BCUT2D eigenvalue weighted by molar-refractivity contribution is -0.140. The van der Waals surface area contributed by atoms with Crippen molar-refractivity contribution in [2.75, 3.05) is 0 Å². The molecule has 3 nitrogen and oxygen atoms in total. The zero-order valence-corrected chi connectivity index (χ0v) is 16.6. The van der Waals surface area contributed by atoms with Gasteiger partial charge in [-0.25, -0.2) is 4.39 Å². The first-order chi connectivity index (χ1) is 13.5. The molecule has 0 unspecified atom stereocenters. The van der Waals surface area contributed by atoms with E-state index in [0.29, 0.717) is 24.8 Å². The molecule has 1 aromatic heterocycles. The first-order valence-corrected chi connectivity index (χ1v) is 10.7. The molecule has 6 heteroatoms. The van der Waals surface area contributed by atoms with E-state index >= 15 is 0 Å². The Kier molecular flexibility index (Phi) is 7.36. The predicted molar refractivity (Wildman–Crippen MR) is 100 cm³/mol. The minimum atomic E-state index is -1.54. The number of hydrogen-bond donors (Lipinski definition) is 0. The van der Waals surface area contributed by atoms with Crippen LogP contribution in [0, 0.1) is 41.4 Å². The molecule has 2 aliphatic rings. The summed E-state index contributed by atoms with van der Waals surface area (Å²) in [6.07, 6.45) is 12.6. The lowest BCUT2D eigenvalue weighted by Crippen LogP contribution is -2.30. The van der Waals surface area contributed by atoms with Crippen LogP contribution in [0.5, 0.6) is 5.75 Å². The number of carbonyl (C=O) groups is 1. The molecule has 0 radical (unpaired) electrons. The normalized spacial score (nSPS) is 28.1. The summed E-state index contributed by atoms with van der Waals surface area (Å²) in [5.74, 6) is -3.41. The van der Waals surface area contributed by atoms with E-state index < -0.39 is 29.4 Å². The highest BCUT2D eigenvalue weighted by Crippen LogP contribution is 2.42. The molecule has 0 aromatic carbocycles. The number of nitrogens with zero attached hydrogens (tertiary/aromatic N) is 1. The van der Waals surface area contributed by atoms with Gasteiger partial charge in [0.15, 0.2) is 11.6 Å². The van der Waals surface area contributed by atoms with Crippen molar-refractivity contribution in [1.29, 1.82) is 0 Å². The summed E-state index contributed by atoms with van der Waals surface area (Å²) in [4.78, 5) is 15.1. The third kappa shape index (κ3) is 5.26. The largest absolute Gasteiger partial charge is 0.421 e. The maximum Gasteiger partial charge on any atom is 0.314 e. The van der Waals surface area contributed by atoms with E-state index in [4.69, 9.17) is 4.74 Å². The van der Waals surface area contributed by atoms with Crippen LogP contribution in [0.1, 0.15) is 77.6 Å². The Hall–Kier alpha value is -1.59. The van der Waals surface area contributed by atoms with Crippen LogP contribution >= 0.6 is 0 Å². The van der Waals surface area contributed by atoms with Crippen molar-refractivity contribution in [3.05, 3.63) is 23.8 Å². The first kappa shape index (κ1) is 21.1. The van der Waals surface area contributed by atoms with Crippen LogP contribution in [0.15, 0.2) is 6.07 Å². The zero-order valence-electron chi connectivity index (χ0n) is 16.6. The number of ether oxygens (including phenoxy) is 1. The monoisotopic (exact) mass is 397 g/mol. The molecule has 0 bridgehead atoms. The van der Waals surface area contributed by atoms with Crippen LogP contribution in [-0.2, 0) is 4.79 Å². The van der Waals surface area contributed by atoms with Gasteiger partial charge in [0.25, 0.3) is 11.9 Å². The molecule has 0 N–H and O–H groups in total. The predicted octanol–water partition coefficient (Wildman–Crippen LogP) is 6.21. The van der Waals surface area contributed by atoms with E-state index in [1.807, 2.05) is 0 Å². The molecule has 28 heavy (non-hydrogen) atoms. The van der Waals surface area contributed by atoms with Crippen molar-refractivity contribution in [3.8, 4) is 5.75 Å². The van der Waals surface area contributed by atoms with E-state index in [0.717, 1.165) is 24.7 Å². The lowest BCUT2D eigenvalue weighted by Gasteiger charge is -2.37. The van der Waals surface area contributed by atoms with E-state index in [2.05, 4.69) is 11.9 Å². The molecular weight excluding hydrogens is 367 g/mol. The van der Waals surface area contributed by atoms with Crippen LogP contribution in [0.3, 0.4) is 0 Å². The molecule has 3 rings (SSSR count). The number of carbonyl (C=O) groups excluding carboxylic acids is 1. The Morgan fingerprint density at radius 1 is 1.00 bits per heavy atom. The Morgan fingerprint density at radius 3 is 2.21 bits per heavy atom. The van der Waals surface area contributed by atoms with Crippen LogP contribution in [0.25, 0.3) is 0 Å². The second-order valence-corrected chi connectivity index (χ2v) is 8.51. The molecule has 156 valence electrons. The van der Waals surface area contributed by atoms with Crippen LogP contribution in [0.4, 0.5) is 13.2 Å². The molecule has 2 aliphatic carbocycles. The molecule has 2 saturated carbocycles. The Bertz CT molecular complexity index is 666. The smallest absolute Gasteiger partial charge is 0.314 e. The number of hydrogen-bond acceptors (Lipinski definition) is 3. The van der Waals surface area contributed by atoms with Gasteiger partial charge in [0.1, 0.15) is 0 Å². The van der Waals surface area contributed by atoms with Crippen molar-refractivity contribution in [3.63, 3.8) is 0 Å². The topological polar surface area (TPSA) is 39.2 Å². The van der Waals surface area contributed by atoms with Gasteiger partial charge in [-0.15, -0.1) is 0 Å². The van der Waals surface area contributed by atoms with Gasteiger partial charge in [0.05, 0.1) is 5.92 Å². The third-order valence-corrected chi connectivity index (χ3v) is 6.69. The second-order valence-electron chi connectivity index (χ2n) is 8.51. The SMILES string of the molecule is CCCC[C@H]1CC[C@H]([C@H]2CC[C@H](C(=O)Oc3cc(F)c(F)nc3F)CC2)CC1. The van der Waals surface area contributed by atoms with Gasteiger partial charge in [0.2, 0.25) is 0 Å². The fourth-order valence-electron chi connectivity index (χ4n) is 4.96. The summed E-state index contributed by atoms with van der Waals surface area (Å²) >= 11 is 0. The summed E-state index contributed by atoms with van der Waals surface area (Å²) in [6.45, 7) is 2.24. The zero-order chi connectivity index (χ0) is 20.1. The lowest BCUT2D eigenvalue weighted by atomic mass is 9.68. The molecular formula is C22H30F3NO2. The molecule has 1 heterocycles. The molecule has 2 fully saturated rings. The summed E-state index contributed by atoms with van der Waals surface area (Å²) in [5.41, 5.74) is 0. The first-order valence-electron chi connectivity index (χ1n) is 10.7. The Morgan fingerprint density at radius 2 is 1.61 bits per heavy atom. The standard InChI is InChI=1S/C22H30F3NO2/c1-2-3-4-14-5-7-15(8-6-14)16-9-11-17(12-10-16)22(27)28-19-13-18(23)20(24)26-21(19)25/h13-17H,2-12H2,1H3/t14-,15-,16-,17-.